The highest BCUT2D eigenvalue weighted by Gasteiger charge is 2.28. The summed E-state index contributed by atoms with van der Waals surface area (Å²) in [4.78, 5) is 25.8. The number of hydrogen-bond acceptors (Lipinski definition) is 5. The van der Waals surface area contributed by atoms with Gasteiger partial charge in [0.2, 0.25) is 5.91 Å². The van der Waals surface area contributed by atoms with E-state index >= 15 is 0 Å². The van der Waals surface area contributed by atoms with E-state index < -0.39 is 22.5 Å². The number of para-hydroxylation sites is 1. The first-order chi connectivity index (χ1) is 17.7. The monoisotopic (exact) mass is 587 g/mol. The number of ether oxygens (including phenoxy) is 1. The molecule has 0 aliphatic rings. The van der Waals surface area contributed by atoms with Gasteiger partial charge in [-0.15, -0.1) is 0 Å². The van der Waals surface area contributed by atoms with Crippen molar-refractivity contribution in [1.29, 1.82) is 0 Å². The SMILES string of the molecule is CCCCNC(=O)c1ccccc1NC(=O)CN(c1ccc(C)cc1)S(=O)(=O)c1ccc(OC)c(Br)c1. The predicted octanol–water partition coefficient (Wildman–Crippen LogP) is 5.13. The van der Waals surface area contributed by atoms with Gasteiger partial charge in [0.1, 0.15) is 12.3 Å². The van der Waals surface area contributed by atoms with E-state index in [4.69, 9.17) is 4.74 Å². The first kappa shape index (κ1) is 28.2. The van der Waals surface area contributed by atoms with Crippen LogP contribution in [0.3, 0.4) is 0 Å². The molecule has 0 saturated carbocycles. The number of sulfonamides is 1. The van der Waals surface area contributed by atoms with Crippen molar-refractivity contribution >= 4 is 49.1 Å². The maximum atomic E-state index is 13.7. The number of methoxy groups -OCH3 is 1. The van der Waals surface area contributed by atoms with E-state index in [1.165, 1.54) is 25.3 Å². The Morgan fingerprint density at radius 2 is 1.73 bits per heavy atom. The van der Waals surface area contributed by atoms with Gasteiger partial charge in [-0.05, 0) is 71.7 Å². The van der Waals surface area contributed by atoms with Crippen LogP contribution in [0.1, 0.15) is 35.7 Å². The fourth-order valence-corrected chi connectivity index (χ4v) is 5.69. The number of aryl methyl sites for hydroxylation is 1. The molecule has 2 amide bonds. The van der Waals surface area contributed by atoms with Crippen molar-refractivity contribution in [2.75, 3.05) is 29.8 Å². The maximum Gasteiger partial charge on any atom is 0.264 e. The summed E-state index contributed by atoms with van der Waals surface area (Å²) in [6.45, 7) is 3.94. The fraction of sp³-hybridized carbons (Fsp3) is 0.259. The average molecular weight is 589 g/mol. The van der Waals surface area contributed by atoms with Crippen LogP contribution in [0.2, 0.25) is 0 Å². The van der Waals surface area contributed by atoms with Crippen molar-refractivity contribution in [3.63, 3.8) is 0 Å². The number of nitrogens with zero attached hydrogens (tertiary/aromatic N) is 1. The van der Waals surface area contributed by atoms with Crippen LogP contribution in [-0.4, -0.2) is 40.4 Å². The molecule has 0 radical (unpaired) electrons. The Morgan fingerprint density at radius 1 is 1.03 bits per heavy atom. The van der Waals surface area contributed by atoms with Crippen molar-refractivity contribution < 1.29 is 22.7 Å². The molecule has 0 aliphatic carbocycles. The maximum absolute atomic E-state index is 13.7. The third-order valence-corrected chi connectivity index (χ3v) is 7.97. The van der Waals surface area contributed by atoms with Gasteiger partial charge in [-0.1, -0.05) is 43.2 Å². The molecule has 3 aromatic rings. The number of unbranched alkanes of at least 4 members (excludes halogenated alkanes) is 1. The molecular weight excluding hydrogens is 558 g/mol. The minimum Gasteiger partial charge on any atom is -0.496 e. The standard InChI is InChI=1S/C27H30BrN3O5S/c1-4-5-16-29-27(33)22-8-6-7-9-24(22)30-26(32)18-31(20-12-10-19(2)11-13-20)37(34,35)21-14-15-25(36-3)23(28)17-21/h6-15,17H,4-5,16,18H2,1-3H3,(H,29,33)(H,30,32). The van der Waals surface area contributed by atoms with Crippen LogP contribution in [0.15, 0.2) is 76.1 Å². The lowest BCUT2D eigenvalue weighted by molar-refractivity contribution is -0.114. The molecule has 0 aromatic heterocycles. The van der Waals surface area contributed by atoms with Gasteiger partial charge in [0.25, 0.3) is 15.9 Å². The van der Waals surface area contributed by atoms with Gasteiger partial charge in [0, 0.05) is 6.54 Å². The fourth-order valence-electron chi connectivity index (χ4n) is 3.55. The van der Waals surface area contributed by atoms with Gasteiger partial charge >= 0.3 is 0 Å². The van der Waals surface area contributed by atoms with E-state index in [0.29, 0.717) is 33.7 Å². The van der Waals surface area contributed by atoms with Crippen LogP contribution in [0, 0.1) is 6.92 Å². The summed E-state index contributed by atoms with van der Waals surface area (Å²) < 4.78 is 34.1. The number of amides is 2. The number of halogens is 1. The number of hydrogen-bond donors (Lipinski definition) is 2. The first-order valence-corrected chi connectivity index (χ1v) is 14.0. The normalized spacial score (nSPS) is 11.0. The Balaban J connectivity index is 1.91. The second-order valence-corrected chi connectivity index (χ2v) is 11.1. The molecule has 0 bridgehead atoms. The third kappa shape index (κ3) is 7.11. The summed E-state index contributed by atoms with van der Waals surface area (Å²) in [5.74, 6) is -0.423. The number of carbonyl (C=O) groups excluding carboxylic acids is 2. The molecule has 37 heavy (non-hydrogen) atoms. The summed E-state index contributed by atoms with van der Waals surface area (Å²) in [5.41, 5.74) is 1.88. The minimum absolute atomic E-state index is 0.00995. The molecule has 3 rings (SSSR count). The summed E-state index contributed by atoms with van der Waals surface area (Å²) in [6.07, 6.45) is 1.78. The number of rotatable bonds is 11. The number of anilines is 2. The summed E-state index contributed by atoms with van der Waals surface area (Å²) in [7, 11) is -2.65. The molecule has 3 aromatic carbocycles. The molecule has 0 unspecified atom stereocenters. The lowest BCUT2D eigenvalue weighted by atomic mass is 10.1. The van der Waals surface area contributed by atoms with Crippen LogP contribution in [-0.2, 0) is 14.8 Å². The van der Waals surface area contributed by atoms with Crippen molar-refractivity contribution in [2.45, 2.75) is 31.6 Å². The van der Waals surface area contributed by atoms with E-state index in [-0.39, 0.29) is 10.8 Å². The van der Waals surface area contributed by atoms with Gasteiger partial charge in [0.05, 0.1) is 33.4 Å². The van der Waals surface area contributed by atoms with Gasteiger partial charge in [0.15, 0.2) is 0 Å². The van der Waals surface area contributed by atoms with Crippen LogP contribution >= 0.6 is 15.9 Å². The summed E-state index contributed by atoms with van der Waals surface area (Å²) in [6, 6.07) is 17.9. The molecule has 8 nitrogen and oxygen atoms in total. The smallest absolute Gasteiger partial charge is 0.264 e. The Morgan fingerprint density at radius 3 is 2.38 bits per heavy atom. The van der Waals surface area contributed by atoms with Gasteiger partial charge in [-0.2, -0.15) is 0 Å². The Bertz CT molecular complexity index is 1360. The van der Waals surface area contributed by atoms with Crippen LogP contribution in [0.5, 0.6) is 5.75 Å². The third-order valence-electron chi connectivity index (χ3n) is 5.58. The molecule has 0 heterocycles. The molecule has 0 atom stereocenters. The van der Waals surface area contributed by atoms with Gasteiger partial charge in [-0.3, -0.25) is 13.9 Å². The first-order valence-electron chi connectivity index (χ1n) is 11.8. The molecule has 196 valence electrons. The van der Waals surface area contributed by atoms with Crippen molar-refractivity contribution in [1.82, 2.24) is 5.32 Å². The average Bonchev–Trinajstić information content (AvgIpc) is 2.88. The van der Waals surface area contributed by atoms with E-state index in [1.807, 2.05) is 13.8 Å². The Kier molecular flexibility index (Phi) is 9.71. The van der Waals surface area contributed by atoms with Crippen LogP contribution < -0.4 is 19.7 Å². The second-order valence-electron chi connectivity index (χ2n) is 8.35. The minimum atomic E-state index is -4.14. The molecule has 0 spiro atoms. The second kappa shape index (κ2) is 12.7. The molecule has 0 fully saturated rings. The lowest BCUT2D eigenvalue weighted by Crippen LogP contribution is -2.38. The zero-order valence-electron chi connectivity index (χ0n) is 21.0. The van der Waals surface area contributed by atoms with Crippen LogP contribution in [0.4, 0.5) is 11.4 Å². The highest BCUT2D eigenvalue weighted by molar-refractivity contribution is 9.10. The highest BCUT2D eigenvalue weighted by Crippen LogP contribution is 2.31. The number of nitrogens with one attached hydrogen (secondary N) is 2. The van der Waals surface area contributed by atoms with E-state index in [1.54, 1.807) is 48.5 Å². The molecule has 0 saturated heterocycles. The number of benzene rings is 3. The van der Waals surface area contributed by atoms with Crippen LogP contribution in [0.25, 0.3) is 0 Å². The lowest BCUT2D eigenvalue weighted by Gasteiger charge is -2.25. The van der Waals surface area contributed by atoms with E-state index in [9.17, 15) is 18.0 Å². The Labute approximate surface area is 226 Å². The van der Waals surface area contributed by atoms with E-state index in [0.717, 1.165) is 22.7 Å². The van der Waals surface area contributed by atoms with Crippen molar-refractivity contribution in [2.24, 2.45) is 0 Å². The van der Waals surface area contributed by atoms with Gasteiger partial charge < -0.3 is 15.4 Å². The molecule has 2 N–H and O–H groups in total. The van der Waals surface area contributed by atoms with Crippen molar-refractivity contribution in [3.05, 3.63) is 82.3 Å². The molecule has 10 heteroatoms. The van der Waals surface area contributed by atoms with E-state index in [2.05, 4.69) is 26.6 Å². The van der Waals surface area contributed by atoms with Crippen molar-refractivity contribution in [3.8, 4) is 5.75 Å². The topological polar surface area (TPSA) is 105 Å². The van der Waals surface area contributed by atoms with Gasteiger partial charge in [-0.25, -0.2) is 8.42 Å². The highest BCUT2D eigenvalue weighted by atomic mass is 79.9. The quantitative estimate of drug-likeness (QED) is 0.303. The zero-order valence-corrected chi connectivity index (χ0v) is 23.4. The molecular formula is C27H30BrN3O5S. The summed E-state index contributed by atoms with van der Waals surface area (Å²) in [5, 5.41) is 5.55. The zero-order chi connectivity index (χ0) is 27.0. The number of carbonyl (C=O) groups is 2. The largest absolute Gasteiger partial charge is 0.496 e. The Hall–Kier alpha value is -3.37. The molecule has 0 aliphatic heterocycles. The summed E-state index contributed by atoms with van der Waals surface area (Å²) >= 11 is 3.33. The predicted molar refractivity (Wildman–Crippen MR) is 149 cm³/mol.